The Morgan fingerprint density at radius 3 is 2.75 bits per heavy atom. The molecule has 1 aromatic rings. The highest BCUT2D eigenvalue weighted by Gasteiger charge is 2.07. The molecule has 1 amide bonds. The van der Waals surface area contributed by atoms with Gasteiger partial charge in [0.2, 0.25) is 13.9 Å². The number of nitrogens with one attached hydrogen (secondary N) is 1. The second-order valence-electron chi connectivity index (χ2n) is 2.28. The fourth-order valence-corrected chi connectivity index (χ4v) is 0.967. The molecule has 0 bridgehead atoms. The van der Waals surface area contributed by atoms with Gasteiger partial charge in [-0.15, -0.1) is 0 Å². The number of amides is 1. The average Bonchev–Trinajstić information content (AvgIpc) is 2.16. The number of hydrogen-bond acceptors (Lipinski definition) is 2. The molecule has 0 saturated carbocycles. The van der Waals surface area contributed by atoms with Crippen LogP contribution in [0.4, 0.5) is 0 Å². The molecule has 0 aliphatic rings. The van der Waals surface area contributed by atoms with E-state index >= 15 is 0 Å². The highest BCUT2D eigenvalue weighted by Crippen LogP contribution is 2.16. The van der Waals surface area contributed by atoms with Crippen molar-refractivity contribution in [3.05, 3.63) is 29.8 Å². The molecule has 0 aromatic heterocycles. The summed E-state index contributed by atoms with van der Waals surface area (Å²) in [6, 6.07) is 7.10. The Bertz CT molecular complexity index is 288. The Kier molecular flexibility index (Phi) is 2.74. The number of benzene rings is 1. The van der Waals surface area contributed by atoms with Gasteiger partial charge in [0.25, 0.3) is 0 Å². The minimum absolute atomic E-state index is 0.132. The lowest BCUT2D eigenvalue weighted by atomic mass is 10.1. The van der Waals surface area contributed by atoms with Crippen LogP contribution in [0.25, 0.3) is 0 Å². The maximum absolute atomic E-state index is 11.2. The highest BCUT2D eigenvalue weighted by atomic mass is 16.5. The van der Waals surface area contributed by atoms with Gasteiger partial charge in [-0.3, -0.25) is 4.79 Å². The molecule has 0 fully saturated rings. The summed E-state index contributed by atoms with van der Waals surface area (Å²) in [6.07, 6.45) is 0. The highest BCUT2D eigenvalue weighted by molar-refractivity contribution is 6.18. The summed E-state index contributed by atoms with van der Waals surface area (Å²) >= 11 is 0. The molecule has 4 heteroatoms. The van der Waals surface area contributed by atoms with Gasteiger partial charge in [-0.05, 0) is 12.1 Å². The van der Waals surface area contributed by atoms with Gasteiger partial charge >= 0.3 is 0 Å². The maximum Gasteiger partial charge on any atom is 0.242 e. The Hall–Kier alpha value is -1.45. The Morgan fingerprint density at radius 2 is 2.17 bits per heavy atom. The number of para-hydroxylation sites is 1. The second-order valence-corrected chi connectivity index (χ2v) is 2.28. The largest absolute Gasteiger partial charge is 0.496 e. The lowest BCUT2D eigenvalue weighted by molar-refractivity contribution is 0.0978. The molecule has 1 rings (SSSR count). The van der Waals surface area contributed by atoms with Gasteiger partial charge in [-0.1, -0.05) is 12.1 Å². The zero-order chi connectivity index (χ0) is 8.97. The first kappa shape index (κ1) is 8.65. The van der Waals surface area contributed by atoms with E-state index in [1.807, 2.05) is 6.07 Å². The molecule has 0 spiro atoms. The van der Waals surface area contributed by atoms with E-state index in [9.17, 15) is 4.79 Å². The molecule has 1 aromatic carbocycles. The monoisotopic (exact) mass is 163 g/mol. The van der Waals surface area contributed by atoms with E-state index in [2.05, 4.69) is 5.23 Å². The van der Waals surface area contributed by atoms with Crippen molar-refractivity contribution in [3.63, 3.8) is 0 Å². The quantitative estimate of drug-likeness (QED) is 0.621. The molecule has 12 heavy (non-hydrogen) atoms. The van der Waals surface area contributed by atoms with E-state index in [0.717, 1.165) is 0 Å². The topological polar surface area (TPSA) is 38.3 Å². The average molecular weight is 163 g/mol. The number of ether oxygens (including phenoxy) is 1. The van der Waals surface area contributed by atoms with E-state index in [1.165, 1.54) is 0 Å². The number of carbonyl (C=O) groups excluding carboxylic acids is 1. The van der Waals surface area contributed by atoms with Crippen LogP contribution in [0.2, 0.25) is 0 Å². The van der Waals surface area contributed by atoms with Crippen molar-refractivity contribution in [1.29, 1.82) is 0 Å². The van der Waals surface area contributed by atoms with Crippen LogP contribution >= 0.6 is 0 Å². The van der Waals surface area contributed by atoms with Crippen LogP contribution in [0.1, 0.15) is 10.4 Å². The molecule has 0 aliphatic carbocycles. The summed E-state index contributed by atoms with van der Waals surface area (Å²) in [4.78, 5) is 11.2. The van der Waals surface area contributed by atoms with Gasteiger partial charge in [-0.25, -0.2) is 0 Å². The van der Waals surface area contributed by atoms with Crippen molar-refractivity contribution in [2.45, 2.75) is 0 Å². The molecule has 0 saturated heterocycles. The van der Waals surface area contributed by atoms with E-state index in [0.29, 0.717) is 11.3 Å². The summed E-state index contributed by atoms with van der Waals surface area (Å²) in [5.74, 6) is 0.462. The second kappa shape index (κ2) is 3.81. The summed E-state index contributed by atoms with van der Waals surface area (Å²) in [7, 11) is 3.14. The number of hydrogen-bond donors (Lipinski definition) is 1. The van der Waals surface area contributed by atoms with Crippen LogP contribution in [0, 0.1) is 0 Å². The number of methoxy groups -OCH3 is 1. The fourth-order valence-electron chi connectivity index (χ4n) is 0.967. The Balaban J connectivity index is 3.04. The molecule has 0 unspecified atom stereocenters. The molecular formula is C8H10BNO2. The maximum atomic E-state index is 11.2. The van der Waals surface area contributed by atoms with Crippen LogP contribution < -0.4 is 9.96 Å². The van der Waals surface area contributed by atoms with Crippen LogP contribution in [-0.4, -0.2) is 21.0 Å². The van der Waals surface area contributed by atoms with Crippen LogP contribution in [0.5, 0.6) is 5.75 Å². The lowest BCUT2D eigenvalue weighted by Crippen LogP contribution is -2.20. The first-order valence-electron chi connectivity index (χ1n) is 3.64. The van der Waals surface area contributed by atoms with Crippen molar-refractivity contribution in [2.75, 3.05) is 7.11 Å². The zero-order valence-electron chi connectivity index (χ0n) is 7.13. The van der Waals surface area contributed by atoms with E-state index in [1.54, 1.807) is 33.3 Å². The van der Waals surface area contributed by atoms with E-state index in [4.69, 9.17) is 4.74 Å². The van der Waals surface area contributed by atoms with Crippen LogP contribution in [0.15, 0.2) is 24.3 Å². The molecule has 3 nitrogen and oxygen atoms in total. The standard InChI is InChI=1S/C8H10BNO2/c1-12-7-5-3-2-4-6(7)8(11)10-9/h2-5H,9H2,1H3,(H,10,11). The number of rotatable bonds is 2. The lowest BCUT2D eigenvalue weighted by Gasteiger charge is -2.05. The summed E-state index contributed by atoms with van der Waals surface area (Å²) in [5.41, 5.74) is 0.558. The minimum atomic E-state index is -0.132. The third kappa shape index (κ3) is 1.58. The molecular weight excluding hydrogens is 153 g/mol. The Morgan fingerprint density at radius 1 is 1.50 bits per heavy atom. The van der Waals surface area contributed by atoms with Crippen LogP contribution in [0.3, 0.4) is 0 Å². The van der Waals surface area contributed by atoms with Gasteiger partial charge < -0.3 is 9.96 Å². The van der Waals surface area contributed by atoms with Gasteiger partial charge in [0.05, 0.1) is 12.7 Å². The van der Waals surface area contributed by atoms with Crippen molar-refractivity contribution in [1.82, 2.24) is 5.23 Å². The molecule has 0 heterocycles. The van der Waals surface area contributed by atoms with Crippen molar-refractivity contribution < 1.29 is 9.53 Å². The molecule has 0 radical (unpaired) electrons. The zero-order valence-corrected chi connectivity index (χ0v) is 7.13. The SMILES string of the molecule is BNC(=O)c1ccccc1OC. The smallest absolute Gasteiger partial charge is 0.242 e. The Labute approximate surface area is 72.2 Å². The van der Waals surface area contributed by atoms with E-state index < -0.39 is 0 Å². The van der Waals surface area contributed by atoms with Gasteiger partial charge in [0, 0.05) is 0 Å². The predicted octanol–water partition coefficient (Wildman–Crippen LogP) is -0.0269. The van der Waals surface area contributed by atoms with Gasteiger partial charge in [0.1, 0.15) is 5.75 Å². The van der Waals surface area contributed by atoms with Crippen molar-refractivity contribution in [3.8, 4) is 5.75 Å². The van der Waals surface area contributed by atoms with Crippen molar-refractivity contribution in [2.24, 2.45) is 0 Å². The normalized spacial score (nSPS) is 9.08. The third-order valence-corrected chi connectivity index (χ3v) is 1.58. The first-order chi connectivity index (χ1) is 5.79. The minimum Gasteiger partial charge on any atom is -0.496 e. The van der Waals surface area contributed by atoms with Gasteiger partial charge in [-0.2, -0.15) is 0 Å². The summed E-state index contributed by atoms with van der Waals surface area (Å²) in [6.45, 7) is 0. The number of carbonyl (C=O) groups is 1. The fraction of sp³-hybridized carbons (Fsp3) is 0.125. The van der Waals surface area contributed by atoms with E-state index in [-0.39, 0.29) is 5.91 Å². The molecule has 0 atom stereocenters. The predicted molar refractivity (Wildman–Crippen MR) is 49.0 cm³/mol. The summed E-state index contributed by atoms with van der Waals surface area (Å²) < 4.78 is 5.01. The third-order valence-electron chi connectivity index (χ3n) is 1.58. The summed E-state index contributed by atoms with van der Waals surface area (Å²) in [5, 5.41) is 2.54. The molecule has 62 valence electrons. The van der Waals surface area contributed by atoms with Crippen LogP contribution in [-0.2, 0) is 0 Å². The van der Waals surface area contributed by atoms with Gasteiger partial charge in [0.15, 0.2) is 0 Å². The first-order valence-corrected chi connectivity index (χ1v) is 3.64. The molecule has 1 N–H and O–H groups in total. The van der Waals surface area contributed by atoms with Crippen molar-refractivity contribution >= 4 is 13.9 Å². The molecule has 0 aliphatic heterocycles.